The summed E-state index contributed by atoms with van der Waals surface area (Å²) in [6.45, 7) is 6.75. The summed E-state index contributed by atoms with van der Waals surface area (Å²) >= 11 is 0. The third-order valence-electron chi connectivity index (χ3n) is 4.00. The Morgan fingerprint density at radius 3 is 2.26 bits per heavy atom. The lowest BCUT2D eigenvalue weighted by molar-refractivity contribution is 0.0679. The summed E-state index contributed by atoms with van der Waals surface area (Å²) in [5.41, 5.74) is 12.2. The van der Waals surface area contributed by atoms with Gasteiger partial charge in [0.15, 0.2) is 0 Å². The van der Waals surface area contributed by atoms with Gasteiger partial charge in [0.25, 0.3) is 0 Å². The van der Waals surface area contributed by atoms with Crippen LogP contribution in [0.2, 0.25) is 0 Å². The fraction of sp³-hybridized carbons (Fsp3) is 0.529. The van der Waals surface area contributed by atoms with Crippen molar-refractivity contribution in [2.24, 2.45) is 22.8 Å². The smallest absolute Gasteiger partial charge is 0.336 e. The summed E-state index contributed by atoms with van der Waals surface area (Å²) < 4.78 is 0. The van der Waals surface area contributed by atoms with Crippen molar-refractivity contribution in [3.8, 4) is 0 Å². The maximum absolute atomic E-state index is 11.4. The summed E-state index contributed by atoms with van der Waals surface area (Å²) in [5, 5.41) is 18.4. The second kappa shape index (κ2) is 7.57. The van der Waals surface area contributed by atoms with Gasteiger partial charge in [0.1, 0.15) is 0 Å². The van der Waals surface area contributed by atoms with Crippen LogP contribution in [-0.2, 0) is 0 Å². The molecule has 2 unspecified atom stereocenters. The van der Waals surface area contributed by atoms with Crippen molar-refractivity contribution in [3.63, 3.8) is 0 Å². The molecule has 0 aliphatic rings. The van der Waals surface area contributed by atoms with Crippen LogP contribution < -0.4 is 11.5 Å². The van der Waals surface area contributed by atoms with E-state index >= 15 is 0 Å². The van der Waals surface area contributed by atoms with Crippen molar-refractivity contribution in [3.05, 3.63) is 34.9 Å². The fourth-order valence-corrected chi connectivity index (χ4v) is 3.01. The minimum Gasteiger partial charge on any atom is -0.478 e. The predicted octanol–water partition coefficient (Wildman–Crippen LogP) is 2.48. The lowest BCUT2D eigenvalue weighted by atomic mass is 9.76. The molecule has 1 aromatic carbocycles. The van der Waals surface area contributed by atoms with E-state index in [2.05, 4.69) is 20.8 Å². The number of carboxylic acids is 2. The van der Waals surface area contributed by atoms with Crippen LogP contribution in [0.25, 0.3) is 0 Å². The molecule has 23 heavy (non-hydrogen) atoms. The molecule has 1 aromatic rings. The second-order valence-electron chi connectivity index (χ2n) is 6.93. The molecule has 0 heterocycles. The number of aromatic carboxylic acids is 2. The van der Waals surface area contributed by atoms with Crippen LogP contribution in [0, 0.1) is 11.3 Å². The number of nitrogens with two attached hydrogens (primary N) is 2. The lowest BCUT2D eigenvalue weighted by Crippen LogP contribution is -2.27. The molecular formula is C17H26N2O4. The zero-order chi connectivity index (χ0) is 17.8. The van der Waals surface area contributed by atoms with E-state index in [1.165, 1.54) is 18.2 Å². The first-order valence-corrected chi connectivity index (χ1v) is 7.63. The Kier molecular flexibility index (Phi) is 6.29. The monoisotopic (exact) mass is 322 g/mol. The zero-order valence-corrected chi connectivity index (χ0v) is 13.9. The summed E-state index contributed by atoms with van der Waals surface area (Å²) in [4.78, 5) is 22.5. The third-order valence-corrected chi connectivity index (χ3v) is 4.00. The number of benzene rings is 1. The highest BCUT2D eigenvalue weighted by Crippen LogP contribution is 2.35. The van der Waals surface area contributed by atoms with Crippen molar-refractivity contribution in [1.29, 1.82) is 0 Å². The topological polar surface area (TPSA) is 127 Å². The first kappa shape index (κ1) is 19.1. The van der Waals surface area contributed by atoms with E-state index in [1.54, 1.807) is 0 Å². The highest BCUT2D eigenvalue weighted by atomic mass is 16.4. The van der Waals surface area contributed by atoms with Gasteiger partial charge in [0.2, 0.25) is 0 Å². The summed E-state index contributed by atoms with van der Waals surface area (Å²) in [5.74, 6) is -1.88. The van der Waals surface area contributed by atoms with E-state index in [1.807, 2.05) is 0 Å². The molecule has 6 nitrogen and oxygen atoms in total. The highest BCUT2D eigenvalue weighted by molar-refractivity contribution is 5.93. The van der Waals surface area contributed by atoms with Gasteiger partial charge in [0, 0.05) is 6.04 Å². The van der Waals surface area contributed by atoms with Gasteiger partial charge >= 0.3 is 11.9 Å². The number of rotatable bonds is 8. The largest absolute Gasteiger partial charge is 0.478 e. The molecule has 2 atom stereocenters. The van der Waals surface area contributed by atoms with Gasteiger partial charge in [-0.1, -0.05) is 20.8 Å². The Balaban J connectivity index is 3.10. The summed E-state index contributed by atoms with van der Waals surface area (Å²) in [6, 6.07) is 3.39. The Bertz CT molecular complexity index is 584. The standard InChI is InChI=1S/C17H26N2O4/c1-10(9-18)7-17(2,3)8-14(19)13-6-11(15(20)21)4-5-12(13)16(22)23/h4-6,10,14H,7-9,18-19H2,1-3H3,(H,20,21)(H,22,23). The molecule has 0 aliphatic carbocycles. The predicted molar refractivity (Wildman–Crippen MR) is 88.5 cm³/mol. The Hall–Kier alpha value is -1.92. The third kappa shape index (κ3) is 5.33. The van der Waals surface area contributed by atoms with Crippen molar-refractivity contribution < 1.29 is 19.8 Å². The molecular weight excluding hydrogens is 296 g/mol. The summed E-state index contributed by atoms with van der Waals surface area (Å²) in [6.07, 6.45) is 1.40. The highest BCUT2D eigenvalue weighted by Gasteiger charge is 2.27. The minimum atomic E-state index is -1.11. The van der Waals surface area contributed by atoms with Gasteiger partial charge in [-0.3, -0.25) is 0 Å². The Labute approximate surface area is 136 Å². The van der Waals surface area contributed by atoms with Gasteiger partial charge < -0.3 is 21.7 Å². The minimum absolute atomic E-state index is 0.0357. The Morgan fingerprint density at radius 2 is 1.78 bits per heavy atom. The van der Waals surface area contributed by atoms with Crippen molar-refractivity contribution in [2.45, 2.75) is 39.7 Å². The average molecular weight is 322 g/mol. The van der Waals surface area contributed by atoms with Crippen molar-refractivity contribution in [2.75, 3.05) is 6.54 Å². The van der Waals surface area contributed by atoms with Gasteiger partial charge in [-0.15, -0.1) is 0 Å². The van der Waals surface area contributed by atoms with Gasteiger partial charge in [-0.25, -0.2) is 9.59 Å². The van der Waals surface area contributed by atoms with Gasteiger partial charge in [0.05, 0.1) is 11.1 Å². The second-order valence-corrected chi connectivity index (χ2v) is 6.93. The van der Waals surface area contributed by atoms with E-state index < -0.39 is 18.0 Å². The van der Waals surface area contributed by atoms with E-state index in [4.69, 9.17) is 16.6 Å². The molecule has 0 saturated carbocycles. The maximum Gasteiger partial charge on any atom is 0.336 e. The van der Waals surface area contributed by atoms with E-state index in [0.29, 0.717) is 24.4 Å². The Morgan fingerprint density at radius 1 is 1.17 bits per heavy atom. The molecule has 0 amide bonds. The first-order chi connectivity index (χ1) is 10.6. The van der Waals surface area contributed by atoms with Crippen LogP contribution in [0.15, 0.2) is 18.2 Å². The number of carboxylic acid groups (broad SMARTS) is 2. The molecule has 0 saturated heterocycles. The van der Waals surface area contributed by atoms with Crippen LogP contribution >= 0.6 is 0 Å². The normalized spacial score (nSPS) is 14.3. The van der Waals surface area contributed by atoms with Crippen molar-refractivity contribution in [1.82, 2.24) is 0 Å². The molecule has 0 aliphatic heterocycles. The van der Waals surface area contributed by atoms with E-state index in [9.17, 15) is 14.7 Å². The average Bonchev–Trinajstić information content (AvgIpc) is 2.45. The number of hydrogen-bond donors (Lipinski definition) is 4. The molecule has 0 radical (unpaired) electrons. The molecule has 128 valence electrons. The van der Waals surface area contributed by atoms with E-state index in [0.717, 1.165) is 6.42 Å². The van der Waals surface area contributed by atoms with Gasteiger partial charge in [-0.05, 0) is 54.5 Å². The SMILES string of the molecule is CC(CN)CC(C)(C)CC(N)c1cc(C(=O)O)ccc1C(=O)O. The number of carbonyl (C=O) groups is 2. The van der Waals surface area contributed by atoms with Crippen LogP contribution in [0.3, 0.4) is 0 Å². The summed E-state index contributed by atoms with van der Waals surface area (Å²) in [7, 11) is 0. The van der Waals surface area contributed by atoms with Crippen molar-refractivity contribution >= 4 is 11.9 Å². The molecule has 0 aromatic heterocycles. The lowest BCUT2D eigenvalue weighted by Gasteiger charge is -2.31. The zero-order valence-electron chi connectivity index (χ0n) is 13.9. The fourth-order valence-electron chi connectivity index (χ4n) is 3.01. The number of hydrogen-bond acceptors (Lipinski definition) is 4. The van der Waals surface area contributed by atoms with Crippen LogP contribution in [-0.4, -0.2) is 28.7 Å². The van der Waals surface area contributed by atoms with Crippen LogP contribution in [0.5, 0.6) is 0 Å². The van der Waals surface area contributed by atoms with Crippen LogP contribution in [0.1, 0.15) is 65.9 Å². The van der Waals surface area contributed by atoms with Crippen LogP contribution in [0.4, 0.5) is 0 Å². The molecule has 0 fully saturated rings. The van der Waals surface area contributed by atoms with E-state index in [-0.39, 0.29) is 16.5 Å². The molecule has 6 heteroatoms. The quantitative estimate of drug-likeness (QED) is 0.582. The van der Waals surface area contributed by atoms with Gasteiger partial charge in [-0.2, -0.15) is 0 Å². The maximum atomic E-state index is 11.4. The molecule has 0 spiro atoms. The molecule has 0 bridgehead atoms. The molecule has 1 rings (SSSR count). The molecule has 6 N–H and O–H groups in total. The first-order valence-electron chi connectivity index (χ1n) is 7.63.